The minimum atomic E-state index is 0.284. The smallest absolute Gasteiger partial charge is 0.134 e. The van der Waals surface area contributed by atoms with Crippen molar-refractivity contribution in [2.45, 2.75) is 26.4 Å². The van der Waals surface area contributed by atoms with Crippen LogP contribution < -0.4 is 4.74 Å². The predicted molar refractivity (Wildman–Crippen MR) is 60.3 cm³/mol. The van der Waals surface area contributed by atoms with Crippen LogP contribution in [0.5, 0.6) is 5.75 Å². The minimum absolute atomic E-state index is 0.284. The second-order valence-corrected chi connectivity index (χ2v) is 4.15. The van der Waals surface area contributed by atoms with Crippen LogP contribution in [0.4, 0.5) is 0 Å². The molecule has 0 unspecified atom stereocenters. The first kappa shape index (κ1) is 8.72. The molecule has 76 valence electrons. The van der Waals surface area contributed by atoms with Crippen molar-refractivity contribution in [1.82, 2.24) is 4.98 Å². The molecule has 0 saturated carbocycles. The third-order valence-corrected chi connectivity index (χ3v) is 2.96. The van der Waals surface area contributed by atoms with Crippen LogP contribution in [-0.2, 0) is 6.42 Å². The summed E-state index contributed by atoms with van der Waals surface area (Å²) in [6.07, 6.45) is 1.27. The Hall–Kier alpha value is -1.57. The zero-order chi connectivity index (χ0) is 10.4. The van der Waals surface area contributed by atoms with Gasteiger partial charge in [-0.3, -0.25) is 4.98 Å². The topological polar surface area (TPSA) is 22.1 Å². The average molecular weight is 199 g/mol. The largest absolute Gasteiger partial charge is 0.489 e. The lowest BCUT2D eigenvalue weighted by Crippen LogP contribution is -2.05. The molecule has 2 aromatic rings. The van der Waals surface area contributed by atoms with E-state index >= 15 is 0 Å². The van der Waals surface area contributed by atoms with Crippen molar-refractivity contribution in [1.29, 1.82) is 0 Å². The number of pyridine rings is 1. The van der Waals surface area contributed by atoms with Crippen molar-refractivity contribution in [3.05, 3.63) is 35.5 Å². The van der Waals surface area contributed by atoms with Crippen molar-refractivity contribution in [2.75, 3.05) is 0 Å². The van der Waals surface area contributed by atoms with Gasteiger partial charge in [-0.2, -0.15) is 0 Å². The van der Waals surface area contributed by atoms with Crippen LogP contribution >= 0.6 is 0 Å². The Morgan fingerprint density at radius 2 is 2.13 bits per heavy atom. The molecule has 0 amide bonds. The molecule has 0 radical (unpaired) electrons. The summed E-state index contributed by atoms with van der Waals surface area (Å²) in [6.45, 7) is 4.17. The highest BCUT2D eigenvalue weighted by Crippen LogP contribution is 2.36. The lowest BCUT2D eigenvalue weighted by Gasteiger charge is -2.07. The van der Waals surface area contributed by atoms with Gasteiger partial charge in [0.15, 0.2) is 0 Å². The van der Waals surface area contributed by atoms with E-state index < -0.39 is 0 Å². The first-order valence-corrected chi connectivity index (χ1v) is 5.30. The highest BCUT2D eigenvalue weighted by molar-refractivity contribution is 5.87. The lowest BCUT2D eigenvalue weighted by molar-refractivity contribution is 0.257. The number of benzene rings is 1. The predicted octanol–water partition coefficient (Wildman–Crippen LogP) is 2.87. The summed E-state index contributed by atoms with van der Waals surface area (Å²) in [5, 5.41) is 1.14. The summed E-state index contributed by atoms with van der Waals surface area (Å²) in [7, 11) is 0. The van der Waals surface area contributed by atoms with E-state index in [0.29, 0.717) is 0 Å². The third-order valence-electron chi connectivity index (χ3n) is 2.96. The molecule has 1 aromatic heterocycles. The van der Waals surface area contributed by atoms with E-state index in [9.17, 15) is 0 Å². The van der Waals surface area contributed by atoms with E-state index in [2.05, 4.69) is 24.9 Å². The molecule has 3 rings (SSSR count). The molecule has 0 fully saturated rings. The fourth-order valence-electron chi connectivity index (χ4n) is 2.24. The molecular weight excluding hydrogens is 186 g/mol. The summed E-state index contributed by atoms with van der Waals surface area (Å²) in [5.74, 6) is 1.05. The molecule has 0 bridgehead atoms. The van der Waals surface area contributed by atoms with Crippen molar-refractivity contribution < 1.29 is 4.74 Å². The molecule has 1 aliphatic rings. The van der Waals surface area contributed by atoms with E-state index in [0.717, 1.165) is 28.8 Å². The molecule has 0 saturated heterocycles. The maximum absolute atomic E-state index is 5.86. The Bertz CT molecular complexity index is 533. The van der Waals surface area contributed by atoms with E-state index in [1.165, 1.54) is 5.56 Å². The Morgan fingerprint density at radius 3 is 3.00 bits per heavy atom. The molecule has 1 aromatic carbocycles. The molecule has 2 nitrogen and oxygen atoms in total. The summed E-state index contributed by atoms with van der Waals surface area (Å²) in [5.41, 5.74) is 3.41. The summed E-state index contributed by atoms with van der Waals surface area (Å²) in [4.78, 5) is 4.60. The maximum atomic E-state index is 5.86. The molecule has 0 aliphatic carbocycles. The lowest BCUT2D eigenvalue weighted by atomic mass is 10.1. The number of para-hydroxylation sites is 1. The van der Waals surface area contributed by atoms with E-state index in [4.69, 9.17) is 4.74 Å². The van der Waals surface area contributed by atoms with Gasteiger partial charge in [-0.1, -0.05) is 12.1 Å². The highest BCUT2D eigenvalue weighted by Gasteiger charge is 2.23. The molecule has 1 aliphatic heterocycles. The fourth-order valence-corrected chi connectivity index (χ4v) is 2.24. The molecule has 2 heterocycles. The fraction of sp³-hybridized carbons (Fsp3) is 0.308. The van der Waals surface area contributed by atoms with E-state index in [1.54, 1.807) is 0 Å². The summed E-state index contributed by atoms with van der Waals surface area (Å²) >= 11 is 0. The van der Waals surface area contributed by atoms with Crippen LogP contribution in [0.25, 0.3) is 10.9 Å². The van der Waals surface area contributed by atoms with Gasteiger partial charge < -0.3 is 4.74 Å². The van der Waals surface area contributed by atoms with Crippen LogP contribution in [0.1, 0.15) is 18.2 Å². The van der Waals surface area contributed by atoms with Gasteiger partial charge in [0.2, 0.25) is 0 Å². The Balaban J connectivity index is 2.38. The van der Waals surface area contributed by atoms with Crippen molar-refractivity contribution >= 4 is 10.9 Å². The standard InChI is InChI=1S/C13H13NO/c1-8-7-11-9(2)14-12-6-4-3-5-10(12)13(11)15-8/h3-6,8H,7H2,1-2H3/t8-/m1/s1. The quantitative estimate of drug-likeness (QED) is 0.651. The second kappa shape index (κ2) is 2.96. The van der Waals surface area contributed by atoms with Crippen LogP contribution in [0, 0.1) is 6.92 Å². The van der Waals surface area contributed by atoms with Gasteiger partial charge in [0.05, 0.1) is 5.52 Å². The SMILES string of the molecule is Cc1nc2ccccc2c2c1C[C@@H](C)O2. The van der Waals surface area contributed by atoms with Crippen LogP contribution in [-0.4, -0.2) is 11.1 Å². The minimum Gasteiger partial charge on any atom is -0.489 e. The van der Waals surface area contributed by atoms with Crippen LogP contribution in [0.3, 0.4) is 0 Å². The number of hydrogen-bond donors (Lipinski definition) is 0. The molecule has 15 heavy (non-hydrogen) atoms. The zero-order valence-corrected chi connectivity index (χ0v) is 8.95. The average Bonchev–Trinajstić information content (AvgIpc) is 2.61. The third kappa shape index (κ3) is 1.21. The normalized spacial score (nSPS) is 18.9. The first-order chi connectivity index (χ1) is 7.25. The van der Waals surface area contributed by atoms with Crippen LogP contribution in [0.2, 0.25) is 0 Å². The molecule has 1 atom stereocenters. The Kier molecular flexibility index (Phi) is 1.72. The maximum Gasteiger partial charge on any atom is 0.134 e. The monoisotopic (exact) mass is 199 g/mol. The number of hydrogen-bond acceptors (Lipinski definition) is 2. The highest BCUT2D eigenvalue weighted by atomic mass is 16.5. The summed E-state index contributed by atoms with van der Waals surface area (Å²) < 4.78 is 5.86. The number of rotatable bonds is 0. The molecular formula is C13H13NO. The number of ether oxygens (including phenoxy) is 1. The van der Waals surface area contributed by atoms with Gasteiger partial charge in [0.25, 0.3) is 0 Å². The molecule has 0 N–H and O–H groups in total. The van der Waals surface area contributed by atoms with Crippen molar-refractivity contribution in [3.63, 3.8) is 0 Å². The number of aryl methyl sites for hydroxylation is 1. The van der Waals surface area contributed by atoms with Gasteiger partial charge >= 0.3 is 0 Å². The second-order valence-electron chi connectivity index (χ2n) is 4.15. The van der Waals surface area contributed by atoms with E-state index in [-0.39, 0.29) is 6.10 Å². The van der Waals surface area contributed by atoms with E-state index in [1.807, 2.05) is 18.2 Å². The number of fused-ring (bicyclic) bond motifs is 3. The first-order valence-electron chi connectivity index (χ1n) is 5.30. The Morgan fingerprint density at radius 1 is 1.33 bits per heavy atom. The van der Waals surface area contributed by atoms with Crippen molar-refractivity contribution in [3.8, 4) is 5.75 Å². The zero-order valence-electron chi connectivity index (χ0n) is 8.95. The summed E-state index contributed by atoms with van der Waals surface area (Å²) in [6, 6.07) is 8.17. The number of aromatic nitrogens is 1. The van der Waals surface area contributed by atoms with Gasteiger partial charge in [-0.25, -0.2) is 0 Å². The van der Waals surface area contributed by atoms with Gasteiger partial charge in [0, 0.05) is 23.1 Å². The number of nitrogens with zero attached hydrogens (tertiary/aromatic N) is 1. The van der Waals surface area contributed by atoms with Gasteiger partial charge in [0.1, 0.15) is 11.9 Å². The van der Waals surface area contributed by atoms with Gasteiger partial charge in [-0.15, -0.1) is 0 Å². The van der Waals surface area contributed by atoms with Crippen LogP contribution in [0.15, 0.2) is 24.3 Å². The molecule has 0 spiro atoms. The Labute approximate surface area is 88.9 Å². The van der Waals surface area contributed by atoms with Gasteiger partial charge in [-0.05, 0) is 26.0 Å². The van der Waals surface area contributed by atoms with Crippen molar-refractivity contribution in [2.24, 2.45) is 0 Å². The molecule has 2 heteroatoms.